The molecule has 0 atom stereocenters. The largest absolute Gasteiger partial charge is 0.483 e. The van der Waals surface area contributed by atoms with Crippen molar-refractivity contribution < 1.29 is 19.8 Å². The Balaban J connectivity index is 0.000000460. The van der Waals surface area contributed by atoms with Gasteiger partial charge in [0.2, 0.25) is 0 Å². The van der Waals surface area contributed by atoms with Crippen LogP contribution in [-0.2, 0) is 9.59 Å². The first-order valence-corrected chi connectivity index (χ1v) is 8.04. The van der Waals surface area contributed by atoms with E-state index in [1.165, 1.54) is 12.8 Å². The number of nitrogens with zero attached hydrogens (tertiary/aromatic N) is 3. The Hall–Kier alpha value is -2.68. The van der Waals surface area contributed by atoms with Gasteiger partial charge in [-0.25, -0.2) is 9.97 Å². The molecule has 0 saturated heterocycles. The second-order valence-corrected chi connectivity index (χ2v) is 5.54. The second kappa shape index (κ2) is 10.2. The molecule has 25 heavy (non-hydrogen) atoms. The van der Waals surface area contributed by atoms with E-state index in [-0.39, 0.29) is 18.5 Å². The highest BCUT2D eigenvalue weighted by Gasteiger charge is 2.44. The van der Waals surface area contributed by atoms with Crippen LogP contribution in [0.2, 0.25) is 0 Å². The predicted molar refractivity (Wildman–Crippen MR) is 94.7 cm³/mol. The number of hydrogen-bond donors (Lipinski definition) is 4. The lowest BCUT2D eigenvalue weighted by Gasteiger charge is -2.26. The van der Waals surface area contributed by atoms with Crippen molar-refractivity contribution in [2.45, 2.75) is 32.2 Å². The van der Waals surface area contributed by atoms with Crippen LogP contribution in [0.5, 0.6) is 0 Å². The summed E-state index contributed by atoms with van der Waals surface area (Å²) in [6.07, 6.45) is 5.97. The number of nitrogens with one attached hydrogen (secondary N) is 2. The van der Waals surface area contributed by atoms with Gasteiger partial charge in [0, 0.05) is 12.7 Å². The average molecular weight is 351 g/mol. The molecular formula is C16H25N5O4. The van der Waals surface area contributed by atoms with Crippen LogP contribution in [0.25, 0.3) is 11.0 Å². The number of H-pyrrole nitrogens is 1. The van der Waals surface area contributed by atoms with Crippen LogP contribution in [0.1, 0.15) is 26.7 Å². The summed E-state index contributed by atoms with van der Waals surface area (Å²) in [6, 6.07) is 2.03. The fraction of sp³-hybridized carbons (Fsp3) is 0.500. The molecule has 2 aromatic heterocycles. The van der Waals surface area contributed by atoms with Crippen molar-refractivity contribution in [1.82, 2.24) is 19.9 Å². The lowest BCUT2D eigenvalue weighted by atomic mass is 10.2. The van der Waals surface area contributed by atoms with Gasteiger partial charge in [-0.3, -0.25) is 9.59 Å². The molecule has 2 heterocycles. The number of fused-ring (bicyclic) bond motifs is 1. The first-order valence-electron chi connectivity index (χ1n) is 8.04. The Morgan fingerprint density at radius 1 is 1.24 bits per heavy atom. The lowest BCUT2D eigenvalue weighted by molar-refractivity contribution is -0.123. The van der Waals surface area contributed by atoms with Crippen molar-refractivity contribution in [2.75, 3.05) is 25.0 Å². The number of rotatable bonds is 6. The summed E-state index contributed by atoms with van der Waals surface area (Å²) < 4.78 is 0. The zero-order valence-corrected chi connectivity index (χ0v) is 14.5. The van der Waals surface area contributed by atoms with Gasteiger partial charge < -0.3 is 25.4 Å². The molecule has 2 aromatic rings. The van der Waals surface area contributed by atoms with E-state index in [0.717, 1.165) is 36.5 Å². The molecule has 0 bridgehead atoms. The monoisotopic (exact) mass is 351 g/mol. The summed E-state index contributed by atoms with van der Waals surface area (Å²) in [6.45, 7) is 7.23. The maximum Gasteiger partial charge on any atom is 0.290 e. The number of aromatic amines is 1. The quantitative estimate of drug-likeness (QED) is 0.578. The highest BCUT2D eigenvalue weighted by atomic mass is 16.3. The van der Waals surface area contributed by atoms with Crippen LogP contribution in [0, 0.1) is 0 Å². The normalized spacial score (nSPS) is 13.9. The predicted octanol–water partition coefficient (Wildman–Crippen LogP) is 1.65. The van der Waals surface area contributed by atoms with Crippen molar-refractivity contribution in [1.29, 1.82) is 0 Å². The molecule has 9 heteroatoms. The summed E-state index contributed by atoms with van der Waals surface area (Å²) >= 11 is 0. The topological polar surface area (TPSA) is 131 Å². The average Bonchev–Trinajstić information content (AvgIpc) is 3.17. The molecule has 4 N–H and O–H groups in total. The van der Waals surface area contributed by atoms with E-state index in [1.54, 1.807) is 6.33 Å². The number of aromatic nitrogens is 3. The first-order chi connectivity index (χ1) is 12.1. The molecule has 3 rings (SSSR count). The minimum absolute atomic E-state index is 0.213. The molecule has 0 spiro atoms. The van der Waals surface area contributed by atoms with Crippen molar-refractivity contribution in [3.05, 3.63) is 18.6 Å². The van der Waals surface area contributed by atoms with E-state index in [1.807, 2.05) is 12.3 Å². The minimum Gasteiger partial charge on any atom is -0.483 e. The van der Waals surface area contributed by atoms with Crippen molar-refractivity contribution in [2.24, 2.45) is 0 Å². The third-order valence-electron chi connectivity index (χ3n) is 4.01. The van der Waals surface area contributed by atoms with E-state index in [9.17, 15) is 0 Å². The molecule has 138 valence electrons. The zero-order valence-electron chi connectivity index (χ0n) is 14.5. The zero-order chi connectivity index (χ0) is 18.7. The van der Waals surface area contributed by atoms with E-state index in [4.69, 9.17) is 19.8 Å². The molecule has 1 fully saturated rings. The number of likely N-dealkylation sites (N-methyl/N-ethyl adjacent to an activating group) is 1. The van der Waals surface area contributed by atoms with Crippen LogP contribution < -0.4 is 5.32 Å². The standard InChI is InChI=1S/C14H21N5.2CH2O2/c1-3-19(4-2)9-14(6-7-14)18-13-11-5-8-15-12(11)16-10-17-13;2*2-1-3/h5,8,10H,3-4,6-7,9H2,1-2H3,(H2,15,16,17,18);2*1H,(H,2,3). The molecule has 0 radical (unpaired) electrons. The summed E-state index contributed by atoms with van der Waals surface area (Å²) in [7, 11) is 0. The summed E-state index contributed by atoms with van der Waals surface area (Å²) in [5, 5.41) is 18.5. The Bertz CT molecular complexity index is 647. The van der Waals surface area contributed by atoms with Crippen molar-refractivity contribution in [3.63, 3.8) is 0 Å². The van der Waals surface area contributed by atoms with Crippen LogP contribution in [0.15, 0.2) is 18.6 Å². The maximum absolute atomic E-state index is 8.36. The minimum atomic E-state index is -0.250. The van der Waals surface area contributed by atoms with Crippen LogP contribution in [0.4, 0.5) is 5.82 Å². The molecule has 1 aliphatic rings. The highest BCUT2D eigenvalue weighted by molar-refractivity contribution is 5.87. The van der Waals surface area contributed by atoms with Gasteiger partial charge in [-0.05, 0) is 32.0 Å². The molecular weight excluding hydrogens is 326 g/mol. The van der Waals surface area contributed by atoms with Gasteiger partial charge in [0.25, 0.3) is 12.9 Å². The van der Waals surface area contributed by atoms with Gasteiger partial charge >= 0.3 is 0 Å². The summed E-state index contributed by atoms with van der Waals surface area (Å²) in [4.78, 5) is 30.9. The van der Waals surface area contributed by atoms with E-state index < -0.39 is 0 Å². The highest BCUT2D eigenvalue weighted by Crippen LogP contribution is 2.40. The van der Waals surface area contributed by atoms with E-state index in [0.29, 0.717) is 0 Å². The SMILES string of the molecule is CCN(CC)CC1(Nc2ncnc3[nH]ccc23)CC1.O=CO.O=CO. The third-order valence-corrected chi connectivity index (χ3v) is 4.01. The van der Waals surface area contributed by atoms with Crippen molar-refractivity contribution in [3.8, 4) is 0 Å². The summed E-state index contributed by atoms with van der Waals surface area (Å²) in [5.41, 5.74) is 1.11. The molecule has 1 aliphatic carbocycles. The molecule has 9 nitrogen and oxygen atoms in total. The Morgan fingerprint density at radius 3 is 2.36 bits per heavy atom. The third kappa shape index (κ3) is 6.03. The number of carbonyl (C=O) groups is 2. The Kier molecular flexibility index (Phi) is 8.34. The molecule has 0 aliphatic heterocycles. The smallest absolute Gasteiger partial charge is 0.290 e. The molecule has 0 unspecified atom stereocenters. The maximum atomic E-state index is 8.36. The van der Waals surface area contributed by atoms with E-state index in [2.05, 4.69) is 39.0 Å². The van der Waals surface area contributed by atoms with Gasteiger partial charge in [0.05, 0.1) is 10.9 Å². The fourth-order valence-corrected chi connectivity index (χ4v) is 2.57. The molecule has 1 saturated carbocycles. The Labute approximate surface area is 146 Å². The Morgan fingerprint density at radius 2 is 1.84 bits per heavy atom. The second-order valence-electron chi connectivity index (χ2n) is 5.54. The fourth-order valence-electron chi connectivity index (χ4n) is 2.57. The van der Waals surface area contributed by atoms with Gasteiger partial charge in [-0.2, -0.15) is 0 Å². The van der Waals surface area contributed by atoms with Gasteiger partial charge in [-0.15, -0.1) is 0 Å². The van der Waals surface area contributed by atoms with E-state index >= 15 is 0 Å². The molecule has 0 aromatic carbocycles. The lowest BCUT2D eigenvalue weighted by Crippen LogP contribution is -2.38. The first kappa shape index (κ1) is 20.4. The number of carboxylic acid groups (broad SMARTS) is 2. The summed E-state index contributed by atoms with van der Waals surface area (Å²) in [5.74, 6) is 0.955. The number of anilines is 1. The van der Waals surface area contributed by atoms with Gasteiger partial charge in [0.1, 0.15) is 17.8 Å². The van der Waals surface area contributed by atoms with Crippen LogP contribution >= 0.6 is 0 Å². The number of hydrogen-bond acceptors (Lipinski definition) is 6. The van der Waals surface area contributed by atoms with Crippen LogP contribution in [-0.4, -0.2) is 68.2 Å². The molecule has 0 amide bonds. The van der Waals surface area contributed by atoms with Gasteiger partial charge in [-0.1, -0.05) is 13.8 Å². The van der Waals surface area contributed by atoms with Gasteiger partial charge in [0.15, 0.2) is 0 Å². The van der Waals surface area contributed by atoms with Crippen LogP contribution in [0.3, 0.4) is 0 Å². The van der Waals surface area contributed by atoms with Crippen molar-refractivity contribution >= 4 is 29.8 Å².